The fourth-order valence-corrected chi connectivity index (χ4v) is 0.680. The van der Waals surface area contributed by atoms with E-state index in [0.717, 1.165) is 0 Å². The standard InChI is InChI=1S/C8H7F3O/c9-7(10)8(11)12-6-4-2-1-3-5-6/h1-5,7-8H. The predicted molar refractivity (Wildman–Crippen MR) is 38.0 cm³/mol. The van der Waals surface area contributed by atoms with E-state index in [0.29, 0.717) is 0 Å². The fraction of sp³-hybridized carbons (Fsp3) is 0.250. The molecular formula is C8H7F3O. The van der Waals surface area contributed by atoms with Crippen LogP contribution in [0.2, 0.25) is 0 Å². The molecule has 1 nitrogen and oxygen atoms in total. The zero-order valence-corrected chi connectivity index (χ0v) is 6.08. The van der Waals surface area contributed by atoms with E-state index in [1.165, 1.54) is 12.1 Å². The molecule has 1 atom stereocenters. The molecule has 0 saturated carbocycles. The van der Waals surface area contributed by atoms with Gasteiger partial charge in [-0.25, -0.2) is 8.78 Å². The summed E-state index contributed by atoms with van der Waals surface area (Å²) in [5, 5.41) is 0. The summed E-state index contributed by atoms with van der Waals surface area (Å²) in [6.45, 7) is 0. The van der Waals surface area contributed by atoms with Gasteiger partial charge in [0.2, 0.25) is 0 Å². The van der Waals surface area contributed by atoms with Crippen LogP contribution >= 0.6 is 0 Å². The van der Waals surface area contributed by atoms with E-state index in [2.05, 4.69) is 4.74 Å². The second-order valence-electron chi connectivity index (χ2n) is 2.12. The third kappa shape index (κ3) is 2.45. The molecule has 0 radical (unpaired) electrons. The summed E-state index contributed by atoms with van der Waals surface area (Å²) in [7, 11) is 0. The third-order valence-corrected chi connectivity index (χ3v) is 1.19. The Morgan fingerprint density at radius 3 is 2.08 bits per heavy atom. The van der Waals surface area contributed by atoms with Crippen molar-refractivity contribution in [3.63, 3.8) is 0 Å². The Hall–Kier alpha value is -1.19. The summed E-state index contributed by atoms with van der Waals surface area (Å²) in [6.07, 6.45) is -5.65. The van der Waals surface area contributed by atoms with E-state index in [1.807, 2.05) is 0 Å². The lowest BCUT2D eigenvalue weighted by atomic mass is 10.3. The van der Waals surface area contributed by atoms with Gasteiger partial charge in [-0.05, 0) is 12.1 Å². The number of alkyl halides is 3. The molecule has 1 unspecified atom stereocenters. The molecule has 0 fully saturated rings. The quantitative estimate of drug-likeness (QED) is 0.687. The first-order valence-corrected chi connectivity index (χ1v) is 3.34. The number of rotatable bonds is 3. The van der Waals surface area contributed by atoms with E-state index in [1.54, 1.807) is 18.2 Å². The Morgan fingerprint density at radius 1 is 1.00 bits per heavy atom. The molecule has 0 saturated heterocycles. The van der Waals surface area contributed by atoms with Crippen LogP contribution in [0.4, 0.5) is 13.2 Å². The van der Waals surface area contributed by atoms with Crippen LogP contribution in [0.25, 0.3) is 0 Å². The van der Waals surface area contributed by atoms with Crippen LogP contribution in [0, 0.1) is 0 Å². The van der Waals surface area contributed by atoms with E-state index < -0.39 is 12.8 Å². The number of hydrogen-bond acceptors (Lipinski definition) is 1. The topological polar surface area (TPSA) is 9.23 Å². The number of para-hydroxylation sites is 1. The first-order chi connectivity index (χ1) is 5.70. The second kappa shape index (κ2) is 3.99. The molecule has 0 amide bonds. The molecular weight excluding hydrogens is 169 g/mol. The van der Waals surface area contributed by atoms with Crippen molar-refractivity contribution in [3.8, 4) is 5.75 Å². The average Bonchev–Trinajstić information content (AvgIpc) is 2.06. The van der Waals surface area contributed by atoms with Crippen LogP contribution in [-0.2, 0) is 0 Å². The van der Waals surface area contributed by atoms with Gasteiger partial charge in [-0.3, -0.25) is 0 Å². The Kier molecular flexibility index (Phi) is 2.96. The lowest BCUT2D eigenvalue weighted by Gasteiger charge is -2.09. The molecule has 0 spiro atoms. The highest BCUT2D eigenvalue weighted by molar-refractivity contribution is 5.21. The van der Waals surface area contributed by atoms with Crippen molar-refractivity contribution in [3.05, 3.63) is 30.3 Å². The molecule has 1 aromatic carbocycles. The molecule has 0 aliphatic rings. The summed E-state index contributed by atoms with van der Waals surface area (Å²) >= 11 is 0. The molecule has 0 bridgehead atoms. The van der Waals surface area contributed by atoms with Gasteiger partial charge >= 0.3 is 6.43 Å². The predicted octanol–water partition coefficient (Wildman–Crippen LogP) is 2.63. The maximum absolute atomic E-state index is 12.2. The molecule has 0 aliphatic carbocycles. The summed E-state index contributed by atoms with van der Waals surface area (Å²) in [5.74, 6) is 0.102. The molecule has 0 aliphatic heterocycles. The molecule has 0 N–H and O–H groups in total. The summed E-state index contributed by atoms with van der Waals surface area (Å²) < 4.78 is 39.7. The van der Waals surface area contributed by atoms with Crippen LogP contribution < -0.4 is 4.74 Å². The highest BCUT2D eigenvalue weighted by atomic mass is 19.3. The van der Waals surface area contributed by atoms with Crippen molar-refractivity contribution in [2.45, 2.75) is 12.8 Å². The van der Waals surface area contributed by atoms with Gasteiger partial charge in [0.25, 0.3) is 6.36 Å². The van der Waals surface area contributed by atoms with Crippen LogP contribution in [0.1, 0.15) is 0 Å². The average molecular weight is 176 g/mol. The van der Waals surface area contributed by atoms with Crippen LogP contribution in [0.5, 0.6) is 5.75 Å². The van der Waals surface area contributed by atoms with Gasteiger partial charge < -0.3 is 4.74 Å². The summed E-state index contributed by atoms with van der Waals surface area (Å²) in [5.41, 5.74) is 0. The molecule has 66 valence electrons. The Morgan fingerprint density at radius 2 is 1.58 bits per heavy atom. The lowest BCUT2D eigenvalue weighted by Crippen LogP contribution is -2.19. The molecule has 1 aromatic rings. The van der Waals surface area contributed by atoms with E-state index >= 15 is 0 Å². The van der Waals surface area contributed by atoms with Gasteiger partial charge in [-0.1, -0.05) is 18.2 Å². The van der Waals surface area contributed by atoms with Gasteiger partial charge in [0.1, 0.15) is 5.75 Å². The maximum atomic E-state index is 12.2. The zero-order valence-electron chi connectivity index (χ0n) is 6.08. The molecule has 0 aromatic heterocycles. The molecule has 0 heterocycles. The van der Waals surface area contributed by atoms with Crippen molar-refractivity contribution in [1.29, 1.82) is 0 Å². The molecule has 12 heavy (non-hydrogen) atoms. The first-order valence-electron chi connectivity index (χ1n) is 3.34. The minimum Gasteiger partial charge on any atom is -0.454 e. The van der Waals surface area contributed by atoms with E-state index in [4.69, 9.17) is 0 Å². The number of benzene rings is 1. The van der Waals surface area contributed by atoms with Crippen LogP contribution in [0.3, 0.4) is 0 Å². The minimum absolute atomic E-state index is 0.102. The zero-order chi connectivity index (χ0) is 8.97. The van der Waals surface area contributed by atoms with Crippen molar-refractivity contribution in [2.75, 3.05) is 0 Å². The van der Waals surface area contributed by atoms with Gasteiger partial charge in [0.05, 0.1) is 0 Å². The largest absolute Gasteiger partial charge is 0.454 e. The monoisotopic (exact) mass is 176 g/mol. The Balaban J connectivity index is 2.53. The lowest BCUT2D eigenvalue weighted by molar-refractivity contribution is -0.0668. The minimum atomic E-state index is -3.11. The van der Waals surface area contributed by atoms with Crippen LogP contribution in [-0.4, -0.2) is 12.8 Å². The third-order valence-electron chi connectivity index (χ3n) is 1.19. The fourth-order valence-electron chi connectivity index (χ4n) is 0.680. The number of halogens is 3. The van der Waals surface area contributed by atoms with Crippen molar-refractivity contribution >= 4 is 0 Å². The first kappa shape index (κ1) is 8.90. The SMILES string of the molecule is FC(F)C(F)Oc1ccccc1. The summed E-state index contributed by atoms with van der Waals surface area (Å²) in [6, 6.07) is 7.66. The smallest absolute Gasteiger partial charge is 0.304 e. The van der Waals surface area contributed by atoms with Crippen molar-refractivity contribution in [1.82, 2.24) is 0 Å². The highest BCUT2D eigenvalue weighted by Crippen LogP contribution is 2.14. The van der Waals surface area contributed by atoms with Gasteiger partial charge in [0.15, 0.2) is 0 Å². The van der Waals surface area contributed by atoms with E-state index in [-0.39, 0.29) is 5.75 Å². The Bertz CT molecular complexity index is 225. The normalized spacial score (nSPS) is 13.0. The van der Waals surface area contributed by atoms with Crippen molar-refractivity contribution < 1.29 is 17.9 Å². The van der Waals surface area contributed by atoms with Crippen LogP contribution in [0.15, 0.2) is 30.3 Å². The van der Waals surface area contributed by atoms with Gasteiger partial charge in [0, 0.05) is 0 Å². The van der Waals surface area contributed by atoms with Crippen molar-refractivity contribution in [2.24, 2.45) is 0 Å². The second-order valence-corrected chi connectivity index (χ2v) is 2.12. The van der Waals surface area contributed by atoms with Gasteiger partial charge in [-0.15, -0.1) is 0 Å². The molecule has 1 rings (SSSR count). The van der Waals surface area contributed by atoms with E-state index in [9.17, 15) is 13.2 Å². The number of ether oxygens (including phenoxy) is 1. The molecule has 4 heteroatoms. The summed E-state index contributed by atoms with van der Waals surface area (Å²) in [4.78, 5) is 0. The van der Waals surface area contributed by atoms with Gasteiger partial charge in [-0.2, -0.15) is 4.39 Å². The highest BCUT2D eigenvalue weighted by Gasteiger charge is 2.20. The Labute approximate surface area is 67.8 Å². The maximum Gasteiger partial charge on any atom is 0.304 e. The number of hydrogen-bond donors (Lipinski definition) is 0.